The molecule has 82 valence electrons. The molecule has 1 N–H and O–H groups in total. The van der Waals surface area contributed by atoms with Gasteiger partial charge in [-0.25, -0.2) is 0 Å². The second-order valence-electron chi connectivity index (χ2n) is 3.50. The number of hydrogen-bond acceptors (Lipinski definition) is 2. The van der Waals surface area contributed by atoms with Crippen molar-refractivity contribution in [3.63, 3.8) is 0 Å². The third-order valence-corrected chi connectivity index (χ3v) is 2.83. The number of rotatable bonds is 5. The maximum atomic E-state index is 11.4. The van der Waals surface area contributed by atoms with E-state index in [1.165, 1.54) is 0 Å². The average molecular weight is 271 g/mol. The highest BCUT2D eigenvalue weighted by Crippen LogP contribution is 2.21. The van der Waals surface area contributed by atoms with Gasteiger partial charge in [-0.1, -0.05) is 29.3 Å². The first kappa shape index (κ1) is 12.2. The molecular weight excluding hydrogens is 256 g/mol. The van der Waals surface area contributed by atoms with E-state index in [9.17, 15) is 9.90 Å². The molecule has 0 heterocycles. The molecule has 0 fully saturated rings. The Bertz CT molecular complexity index is 347. The van der Waals surface area contributed by atoms with Crippen LogP contribution in [0.15, 0.2) is 18.2 Å². The van der Waals surface area contributed by atoms with Gasteiger partial charge in [-0.3, -0.25) is 4.79 Å². The number of carbonyl (C=O) groups excluding carboxylic acids is 1. The first-order valence-electron chi connectivity index (χ1n) is 5.10. The molecule has 0 aliphatic carbocycles. The predicted molar refractivity (Wildman–Crippen MR) is 64.8 cm³/mol. The number of unbranched alkanes of at least 4 members (excludes halogenated alkanes) is 1. The summed E-state index contributed by atoms with van der Waals surface area (Å²) in [6.07, 6.45) is 2.93. The molecule has 0 aliphatic rings. The second-order valence-corrected chi connectivity index (χ2v) is 4.06. The smallest absolute Gasteiger partial charge is 0.173 e. The standard InChI is InChI=1S/C12H15BrO2/c1-2-3-4-9-7-10(12(15)8-13)5-6-11(9)14/h5-7,14H,2-4,8H2,1H3. The molecule has 0 aromatic heterocycles. The summed E-state index contributed by atoms with van der Waals surface area (Å²) in [7, 11) is 0. The normalized spacial score (nSPS) is 10.3. The molecule has 0 saturated heterocycles. The van der Waals surface area contributed by atoms with Crippen LogP contribution in [0.1, 0.15) is 35.7 Å². The van der Waals surface area contributed by atoms with Crippen LogP contribution in [-0.4, -0.2) is 16.2 Å². The van der Waals surface area contributed by atoms with Crippen molar-refractivity contribution >= 4 is 21.7 Å². The van der Waals surface area contributed by atoms with E-state index in [-0.39, 0.29) is 11.5 Å². The number of halogens is 1. The van der Waals surface area contributed by atoms with E-state index in [0.717, 1.165) is 24.8 Å². The van der Waals surface area contributed by atoms with Crippen LogP contribution in [0.25, 0.3) is 0 Å². The predicted octanol–water partition coefficient (Wildman–Crippen LogP) is 3.31. The number of aromatic hydroxyl groups is 1. The summed E-state index contributed by atoms with van der Waals surface area (Å²) in [5.74, 6) is 0.335. The Hall–Kier alpha value is -0.830. The Morgan fingerprint density at radius 1 is 1.47 bits per heavy atom. The molecular formula is C12H15BrO2. The van der Waals surface area contributed by atoms with E-state index in [1.807, 2.05) is 0 Å². The van der Waals surface area contributed by atoms with E-state index < -0.39 is 0 Å². The lowest BCUT2D eigenvalue weighted by Crippen LogP contribution is -2.00. The molecule has 0 radical (unpaired) electrons. The monoisotopic (exact) mass is 270 g/mol. The number of hydrogen-bond donors (Lipinski definition) is 1. The Morgan fingerprint density at radius 3 is 2.80 bits per heavy atom. The maximum absolute atomic E-state index is 11.4. The zero-order valence-corrected chi connectivity index (χ0v) is 10.4. The molecule has 0 amide bonds. The van der Waals surface area contributed by atoms with E-state index in [4.69, 9.17) is 0 Å². The van der Waals surface area contributed by atoms with Crippen molar-refractivity contribution in [3.05, 3.63) is 29.3 Å². The van der Waals surface area contributed by atoms with Crippen LogP contribution in [0.2, 0.25) is 0 Å². The Morgan fingerprint density at radius 2 is 2.20 bits per heavy atom. The Kier molecular flexibility index (Phi) is 4.82. The number of alkyl halides is 1. The fourth-order valence-corrected chi connectivity index (χ4v) is 1.73. The van der Waals surface area contributed by atoms with Gasteiger partial charge in [0.25, 0.3) is 0 Å². The molecule has 2 nitrogen and oxygen atoms in total. The third kappa shape index (κ3) is 3.34. The summed E-state index contributed by atoms with van der Waals surface area (Å²) in [6.45, 7) is 2.10. The molecule has 1 aromatic rings. The van der Waals surface area contributed by atoms with Crippen molar-refractivity contribution in [1.82, 2.24) is 0 Å². The Labute approximate surface area is 98.4 Å². The van der Waals surface area contributed by atoms with Crippen LogP contribution in [-0.2, 0) is 6.42 Å². The number of carbonyl (C=O) groups is 1. The lowest BCUT2D eigenvalue weighted by molar-refractivity contribution is 0.102. The highest BCUT2D eigenvalue weighted by atomic mass is 79.9. The third-order valence-electron chi connectivity index (χ3n) is 2.32. The fraction of sp³-hybridized carbons (Fsp3) is 0.417. The van der Waals surface area contributed by atoms with Crippen molar-refractivity contribution in [2.75, 3.05) is 5.33 Å². The molecule has 1 aromatic carbocycles. The molecule has 0 atom stereocenters. The minimum Gasteiger partial charge on any atom is -0.508 e. The molecule has 1 rings (SSSR count). The highest BCUT2D eigenvalue weighted by molar-refractivity contribution is 9.09. The van der Waals surface area contributed by atoms with Gasteiger partial charge < -0.3 is 5.11 Å². The van der Waals surface area contributed by atoms with E-state index >= 15 is 0 Å². The summed E-state index contributed by atoms with van der Waals surface area (Å²) in [5.41, 5.74) is 1.53. The van der Waals surface area contributed by atoms with Gasteiger partial charge in [-0.2, -0.15) is 0 Å². The van der Waals surface area contributed by atoms with E-state index in [2.05, 4.69) is 22.9 Å². The van der Waals surface area contributed by atoms with Gasteiger partial charge in [0.1, 0.15) is 5.75 Å². The maximum Gasteiger partial charge on any atom is 0.173 e. The summed E-state index contributed by atoms with van der Waals surface area (Å²) in [6, 6.07) is 5.05. The first-order valence-corrected chi connectivity index (χ1v) is 6.22. The lowest BCUT2D eigenvalue weighted by atomic mass is 10.0. The quantitative estimate of drug-likeness (QED) is 0.659. The minimum absolute atomic E-state index is 0.0488. The van der Waals surface area contributed by atoms with Crippen molar-refractivity contribution < 1.29 is 9.90 Å². The molecule has 0 aliphatic heterocycles. The van der Waals surface area contributed by atoms with Gasteiger partial charge in [0.05, 0.1) is 5.33 Å². The van der Waals surface area contributed by atoms with Crippen LogP contribution < -0.4 is 0 Å². The van der Waals surface area contributed by atoms with Gasteiger partial charge in [0.15, 0.2) is 5.78 Å². The fourth-order valence-electron chi connectivity index (χ4n) is 1.40. The topological polar surface area (TPSA) is 37.3 Å². The SMILES string of the molecule is CCCCc1cc(C(=O)CBr)ccc1O. The van der Waals surface area contributed by atoms with Crippen LogP contribution in [0, 0.1) is 0 Å². The number of phenols is 1. The zero-order chi connectivity index (χ0) is 11.3. The van der Waals surface area contributed by atoms with Crippen molar-refractivity contribution in [3.8, 4) is 5.75 Å². The molecule has 3 heteroatoms. The lowest BCUT2D eigenvalue weighted by Gasteiger charge is -2.05. The summed E-state index contributed by atoms with van der Waals surface area (Å²) in [5, 5.41) is 9.92. The second kappa shape index (κ2) is 5.91. The summed E-state index contributed by atoms with van der Waals surface area (Å²) in [4.78, 5) is 11.4. The van der Waals surface area contributed by atoms with Gasteiger partial charge in [0, 0.05) is 5.56 Å². The van der Waals surface area contributed by atoms with Crippen molar-refractivity contribution in [1.29, 1.82) is 0 Å². The largest absolute Gasteiger partial charge is 0.508 e. The minimum atomic E-state index is 0.0488. The molecule has 15 heavy (non-hydrogen) atoms. The van der Waals surface area contributed by atoms with Crippen LogP contribution in [0.5, 0.6) is 5.75 Å². The molecule has 0 unspecified atom stereocenters. The van der Waals surface area contributed by atoms with E-state index in [0.29, 0.717) is 10.9 Å². The van der Waals surface area contributed by atoms with Crippen molar-refractivity contribution in [2.24, 2.45) is 0 Å². The summed E-state index contributed by atoms with van der Waals surface area (Å²) >= 11 is 3.14. The number of phenolic OH excluding ortho intramolecular Hbond substituents is 1. The van der Waals surface area contributed by atoms with Gasteiger partial charge in [0.2, 0.25) is 0 Å². The number of Topliss-reactive ketones (excluding diaryl/α,β-unsaturated/α-hetero) is 1. The van der Waals surface area contributed by atoms with Crippen LogP contribution in [0.3, 0.4) is 0 Å². The van der Waals surface area contributed by atoms with Gasteiger partial charge >= 0.3 is 0 Å². The zero-order valence-electron chi connectivity index (χ0n) is 8.79. The summed E-state index contributed by atoms with van der Waals surface area (Å²) < 4.78 is 0. The van der Waals surface area contributed by atoms with Crippen molar-refractivity contribution in [2.45, 2.75) is 26.2 Å². The van der Waals surface area contributed by atoms with Crippen LogP contribution in [0.4, 0.5) is 0 Å². The van der Waals surface area contributed by atoms with Gasteiger partial charge in [-0.05, 0) is 36.6 Å². The van der Waals surface area contributed by atoms with Gasteiger partial charge in [-0.15, -0.1) is 0 Å². The molecule has 0 saturated carbocycles. The highest BCUT2D eigenvalue weighted by Gasteiger charge is 2.07. The first-order chi connectivity index (χ1) is 7.19. The number of ketones is 1. The molecule has 0 bridgehead atoms. The Balaban J connectivity index is 2.89. The average Bonchev–Trinajstić information content (AvgIpc) is 2.27. The van der Waals surface area contributed by atoms with E-state index in [1.54, 1.807) is 18.2 Å². The molecule has 0 spiro atoms. The number of aryl methyl sites for hydroxylation is 1. The van der Waals surface area contributed by atoms with Crippen LogP contribution >= 0.6 is 15.9 Å². The number of benzene rings is 1.